The van der Waals surface area contributed by atoms with Crippen LogP contribution in [0.3, 0.4) is 0 Å². The number of carbonyl (C=O) groups excluding carboxylic acids is 1. The van der Waals surface area contributed by atoms with Gasteiger partial charge in [-0.25, -0.2) is 8.42 Å². The van der Waals surface area contributed by atoms with E-state index in [0.29, 0.717) is 24.2 Å². The number of benzene rings is 2. The van der Waals surface area contributed by atoms with Crippen LogP contribution in [-0.4, -0.2) is 26.6 Å². The highest BCUT2D eigenvalue weighted by molar-refractivity contribution is 7.93. The molecule has 0 saturated carbocycles. The molecular formula is C19H22N2O3S. The van der Waals surface area contributed by atoms with E-state index in [2.05, 4.69) is 5.32 Å². The van der Waals surface area contributed by atoms with Gasteiger partial charge < -0.3 is 5.32 Å². The van der Waals surface area contributed by atoms with Crippen LogP contribution in [0.4, 0.5) is 5.69 Å². The number of rotatable bonds is 4. The van der Waals surface area contributed by atoms with Gasteiger partial charge >= 0.3 is 0 Å². The lowest BCUT2D eigenvalue weighted by molar-refractivity contribution is 0.0940. The van der Waals surface area contributed by atoms with Gasteiger partial charge in [0.25, 0.3) is 5.91 Å². The molecule has 1 heterocycles. The predicted octanol–water partition coefficient (Wildman–Crippen LogP) is 3.03. The Labute approximate surface area is 148 Å². The molecule has 132 valence electrons. The van der Waals surface area contributed by atoms with Crippen molar-refractivity contribution in [3.63, 3.8) is 0 Å². The maximum Gasteiger partial charge on any atom is 0.251 e. The fourth-order valence-electron chi connectivity index (χ4n) is 3.16. The normalized spacial score (nSPS) is 17.3. The van der Waals surface area contributed by atoms with Crippen LogP contribution in [0.2, 0.25) is 0 Å². The Morgan fingerprint density at radius 2 is 1.92 bits per heavy atom. The van der Waals surface area contributed by atoms with Gasteiger partial charge in [-0.05, 0) is 49.6 Å². The molecule has 1 N–H and O–H groups in total. The molecule has 0 unspecified atom stereocenters. The van der Waals surface area contributed by atoms with E-state index < -0.39 is 10.0 Å². The molecule has 6 heteroatoms. The van der Waals surface area contributed by atoms with Crippen LogP contribution in [0.15, 0.2) is 48.5 Å². The van der Waals surface area contributed by atoms with Crippen LogP contribution in [0.25, 0.3) is 0 Å². The molecule has 1 amide bonds. The van der Waals surface area contributed by atoms with Gasteiger partial charge in [0.05, 0.1) is 17.5 Å². The molecule has 1 fully saturated rings. The summed E-state index contributed by atoms with van der Waals surface area (Å²) in [5, 5.41) is 2.98. The number of nitrogens with one attached hydrogen (secondary N) is 1. The minimum Gasteiger partial charge on any atom is -0.346 e. The first-order valence-corrected chi connectivity index (χ1v) is 9.96. The fraction of sp³-hybridized carbons (Fsp3) is 0.316. The maximum absolute atomic E-state index is 12.6. The van der Waals surface area contributed by atoms with Crippen LogP contribution in [-0.2, 0) is 10.0 Å². The quantitative estimate of drug-likeness (QED) is 0.913. The van der Waals surface area contributed by atoms with Gasteiger partial charge in [0.1, 0.15) is 0 Å². The lowest BCUT2D eigenvalue weighted by Crippen LogP contribution is -2.28. The monoisotopic (exact) mass is 358 g/mol. The average molecular weight is 358 g/mol. The highest BCUT2D eigenvalue weighted by atomic mass is 32.2. The number of hydrogen-bond acceptors (Lipinski definition) is 3. The van der Waals surface area contributed by atoms with E-state index in [-0.39, 0.29) is 17.7 Å². The standard InChI is InChI=1S/C19H22N2O3S/c1-14-7-3-4-10-18(14)15(2)20-19(22)16-8-5-9-17(13-16)21-11-6-12-25(21,23)24/h3-5,7-10,13,15H,6,11-12H2,1-2H3,(H,20,22)/t15-/m0/s1. The summed E-state index contributed by atoms with van der Waals surface area (Å²) in [5.74, 6) is -0.0532. The topological polar surface area (TPSA) is 66.5 Å². The first kappa shape index (κ1) is 17.5. The highest BCUT2D eigenvalue weighted by Gasteiger charge is 2.28. The number of sulfonamides is 1. The Hall–Kier alpha value is -2.34. The SMILES string of the molecule is Cc1ccccc1[C@H](C)NC(=O)c1cccc(N2CCCS2(=O)=O)c1. The summed E-state index contributed by atoms with van der Waals surface area (Å²) in [6, 6.07) is 14.6. The number of nitrogens with zero attached hydrogens (tertiary/aromatic N) is 1. The smallest absolute Gasteiger partial charge is 0.251 e. The van der Waals surface area contributed by atoms with Crippen molar-refractivity contribution in [1.82, 2.24) is 5.32 Å². The molecule has 1 aliphatic rings. The van der Waals surface area contributed by atoms with Crippen molar-refractivity contribution in [2.24, 2.45) is 0 Å². The molecule has 1 saturated heterocycles. The Kier molecular flexibility index (Phi) is 4.81. The number of amides is 1. The van der Waals surface area contributed by atoms with Gasteiger partial charge in [-0.3, -0.25) is 9.10 Å². The molecule has 0 radical (unpaired) electrons. The molecule has 5 nitrogen and oxygen atoms in total. The van der Waals surface area contributed by atoms with Crippen LogP contribution in [0.1, 0.15) is 40.9 Å². The molecule has 2 aromatic carbocycles. The average Bonchev–Trinajstić information content (AvgIpc) is 2.94. The van der Waals surface area contributed by atoms with Crippen molar-refractivity contribution in [2.45, 2.75) is 26.3 Å². The summed E-state index contributed by atoms with van der Waals surface area (Å²) >= 11 is 0. The minimum atomic E-state index is -3.25. The van der Waals surface area contributed by atoms with Gasteiger partial charge in [0.15, 0.2) is 0 Å². The van der Waals surface area contributed by atoms with E-state index in [1.54, 1.807) is 24.3 Å². The van der Waals surface area contributed by atoms with Crippen LogP contribution in [0, 0.1) is 6.92 Å². The van der Waals surface area contributed by atoms with Gasteiger partial charge in [0.2, 0.25) is 10.0 Å². The van der Waals surface area contributed by atoms with Crippen molar-refractivity contribution >= 4 is 21.6 Å². The van der Waals surface area contributed by atoms with E-state index in [9.17, 15) is 13.2 Å². The van der Waals surface area contributed by atoms with E-state index >= 15 is 0 Å². The lowest BCUT2D eigenvalue weighted by atomic mass is 10.0. The van der Waals surface area contributed by atoms with Crippen LogP contribution in [0.5, 0.6) is 0 Å². The molecule has 3 rings (SSSR count). The molecule has 0 bridgehead atoms. The van der Waals surface area contributed by atoms with E-state index in [1.165, 1.54) is 4.31 Å². The highest BCUT2D eigenvalue weighted by Crippen LogP contribution is 2.25. The van der Waals surface area contributed by atoms with Gasteiger partial charge in [-0.1, -0.05) is 30.3 Å². The van der Waals surface area contributed by atoms with Crippen LogP contribution < -0.4 is 9.62 Å². The molecular weight excluding hydrogens is 336 g/mol. The van der Waals surface area contributed by atoms with Crippen molar-refractivity contribution in [2.75, 3.05) is 16.6 Å². The maximum atomic E-state index is 12.6. The predicted molar refractivity (Wildman–Crippen MR) is 99.3 cm³/mol. The zero-order valence-electron chi connectivity index (χ0n) is 14.4. The fourth-order valence-corrected chi connectivity index (χ4v) is 4.72. The summed E-state index contributed by atoms with van der Waals surface area (Å²) in [7, 11) is -3.25. The summed E-state index contributed by atoms with van der Waals surface area (Å²) < 4.78 is 25.5. The Bertz CT molecular complexity index is 893. The summed E-state index contributed by atoms with van der Waals surface area (Å²) in [6.45, 7) is 4.42. The third-order valence-corrected chi connectivity index (χ3v) is 6.37. The van der Waals surface area contributed by atoms with Crippen molar-refractivity contribution in [3.05, 3.63) is 65.2 Å². The minimum absolute atomic E-state index is 0.132. The third kappa shape index (κ3) is 3.69. The van der Waals surface area contributed by atoms with E-state index in [4.69, 9.17) is 0 Å². The lowest BCUT2D eigenvalue weighted by Gasteiger charge is -2.19. The second-order valence-electron chi connectivity index (χ2n) is 6.34. The van der Waals surface area contributed by atoms with E-state index in [1.807, 2.05) is 38.1 Å². The molecule has 0 spiro atoms. The van der Waals surface area contributed by atoms with Gasteiger partial charge in [-0.15, -0.1) is 0 Å². The second-order valence-corrected chi connectivity index (χ2v) is 8.36. The Balaban J connectivity index is 1.79. The molecule has 2 aromatic rings. The summed E-state index contributed by atoms with van der Waals surface area (Å²) in [4.78, 5) is 12.6. The Morgan fingerprint density at radius 3 is 2.60 bits per heavy atom. The first-order chi connectivity index (χ1) is 11.9. The zero-order valence-corrected chi connectivity index (χ0v) is 15.2. The molecule has 1 aliphatic heterocycles. The van der Waals surface area contributed by atoms with Crippen molar-refractivity contribution in [3.8, 4) is 0 Å². The second kappa shape index (κ2) is 6.88. The largest absolute Gasteiger partial charge is 0.346 e. The van der Waals surface area contributed by atoms with Crippen molar-refractivity contribution in [1.29, 1.82) is 0 Å². The number of hydrogen-bond donors (Lipinski definition) is 1. The number of carbonyl (C=O) groups is 1. The van der Waals surface area contributed by atoms with Crippen molar-refractivity contribution < 1.29 is 13.2 Å². The number of aryl methyl sites for hydroxylation is 1. The molecule has 0 aromatic heterocycles. The van der Waals surface area contributed by atoms with Gasteiger partial charge in [-0.2, -0.15) is 0 Å². The van der Waals surface area contributed by atoms with Crippen LogP contribution >= 0.6 is 0 Å². The zero-order chi connectivity index (χ0) is 18.0. The summed E-state index contributed by atoms with van der Waals surface area (Å²) in [6.07, 6.45) is 0.614. The molecule has 1 atom stereocenters. The molecule has 0 aliphatic carbocycles. The summed E-state index contributed by atoms with van der Waals surface area (Å²) in [5.41, 5.74) is 3.19. The number of anilines is 1. The van der Waals surface area contributed by atoms with E-state index in [0.717, 1.165) is 11.1 Å². The third-order valence-electron chi connectivity index (χ3n) is 4.50. The van der Waals surface area contributed by atoms with Gasteiger partial charge in [0, 0.05) is 12.1 Å². The Morgan fingerprint density at radius 1 is 1.16 bits per heavy atom. The first-order valence-electron chi connectivity index (χ1n) is 8.35. The molecule has 25 heavy (non-hydrogen) atoms.